The van der Waals surface area contributed by atoms with Crippen molar-refractivity contribution in [2.24, 2.45) is 11.8 Å². The van der Waals surface area contributed by atoms with Crippen molar-refractivity contribution in [2.75, 3.05) is 20.2 Å². The van der Waals surface area contributed by atoms with Gasteiger partial charge in [-0.15, -0.1) is 0 Å². The molecule has 5 nitrogen and oxygen atoms in total. The minimum atomic E-state index is -2.01. The number of halogens is 4. The first kappa shape index (κ1) is 24.5. The zero-order valence-electron chi connectivity index (χ0n) is 20.0. The van der Waals surface area contributed by atoms with Crippen LogP contribution in [0.2, 0.25) is 0 Å². The van der Waals surface area contributed by atoms with Crippen LogP contribution in [0.1, 0.15) is 48.1 Å². The van der Waals surface area contributed by atoms with Gasteiger partial charge in [0.2, 0.25) is 0 Å². The SMILES string of the molecule is CC[C@H]1CN2CC[C@H]1C[C@H]2[C@@H](NC(=O)c1cc(F)c(F)c(F)c1F)c1ccnc2ccc(OC)cc12. The first-order chi connectivity index (χ1) is 17.3. The monoisotopic (exact) mass is 501 g/mol. The normalized spacial score (nSPS) is 24.1. The number of ether oxygens (including phenoxy) is 1. The molecule has 6 rings (SSSR count). The van der Waals surface area contributed by atoms with Gasteiger partial charge in [0.05, 0.1) is 24.2 Å². The molecule has 0 spiro atoms. The number of aromatic nitrogens is 1. The number of hydrogen-bond acceptors (Lipinski definition) is 4. The first-order valence-electron chi connectivity index (χ1n) is 12.1. The van der Waals surface area contributed by atoms with Crippen LogP contribution in [0.15, 0.2) is 36.5 Å². The predicted molar refractivity (Wildman–Crippen MR) is 127 cm³/mol. The van der Waals surface area contributed by atoms with E-state index in [1.165, 1.54) is 0 Å². The topological polar surface area (TPSA) is 54.5 Å². The van der Waals surface area contributed by atoms with Crippen molar-refractivity contribution in [1.29, 1.82) is 0 Å². The van der Waals surface area contributed by atoms with Crippen LogP contribution >= 0.6 is 0 Å². The summed E-state index contributed by atoms with van der Waals surface area (Å²) in [5.74, 6) is -6.69. The van der Waals surface area contributed by atoms with E-state index in [0.29, 0.717) is 29.2 Å². The van der Waals surface area contributed by atoms with Crippen molar-refractivity contribution >= 4 is 16.8 Å². The lowest BCUT2D eigenvalue weighted by Crippen LogP contribution is -2.57. The molecule has 190 valence electrons. The molecule has 1 N–H and O–H groups in total. The second-order valence-electron chi connectivity index (χ2n) is 9.60. The lowest BCUT2D eigenvalue weighted by Gasteiger charge is -2.52. The number of nitrogens with zero attached hydrogens (tertiary/aromatic N) is 2. The summed E-state index contributed by atoms with van der Waals surface area (Å²) >= 11 is 0. The lowest BCUT2D eigenvalue weighted by atomic mass is 9.72. The molecule has 5 atom stereocenters. The number of nitrogens with one attached hydrogen (secondary N) is 1. The van der Waals surface area contributed by atoms with E-state index >= 15 is 0 Å². The summed E-state index contributed by atoms with van der Waals surface area (Å²) in [6, 6.07) is 6.84. The highest BCUT2D eigenvalue weighted by atomic mass is 19.2. The lowest BCUT2D eigenvalue weighted by molar-refractivity contribution is -0.0153. The van der Waals surface area contributed by atoms with Gasteiger partial charge in [-0.3, -0.25) is 14.7 Å². The Morgan fingerprint density at radius 2 is 1.97 bits per heavy atom. The fourth-order valence-electron chi connectivity index (χ4n) is 5.87. The molecule has 3 aliphatic rings. The van der Waals surface area contributed by atoms with Crippen LogP contribution in [-0.4, -0.2) is 42.0 Å². The molecule has 36 heavy (non-hydrogen) atoms. The molecular weight excluding hydrogens is 474 g/mol. The van der Waals surface area contributed by atoms with Crippen LogP contribution in [0.4, 0.5) is 17.6 Å². The Morgan fingerprint density at radius 3 is 2.67 bits per heavy atom. The van der Waals surface area contributed by atoms with Crippen LogP contribution in [0.5, 0.6) is 5.75 Å². The van der Waals surface area contributed by atoms with Gasteiger partial charge < -0.3 is 10.1 Å². The Bertz CT molecular complexity index is 1320. The van der Waals surface area contributed by atoms with E-state index in [4.69, 9.17) is 4.74 Å². The van der Waals surface area contributed by atoms with Crippen LogP contribution in [0, 0.1) is 35.1 Å². The maximum absolute atomic E-state index is 14.5. The fourth-order valence-corrected chi connectivity index (χ4v) is 5.87. The van der Waals surface area contributed by atoms with Crippen molar-refractivity contribution in [3.8, 4) is 5.75 Å². The molecule has 3 aromatic rings. The number of fused-ring (bicyclic) bond motifs is 4. The maximum Gasteiger partial charge on any atom is 0.255 e. The average molecular weight is 502 g/mol. The molecule has 9 heteroatoms. The number of carbonyl (C=O) groups is 1. The molecule has 2 bridgehead atoms. The molecular formula is C27H27F4N3O2. The number of carbonyl (C=O) groups excluding carboxylic acids is 1. The zero-order chi connectivity index (χ0) is 25.6. The number of pyridine rings is 1. The number of hydrogen-bond donors (Lipinski definition) is 1. The van der Waals surface area contributed by atoms with Crippen LogP contribution in [0.3, 0.4) is 0 Å². The molecule has 0 saturated carbocycles. The van der Waals surface area contributed by atoms with Crippen molar-refractivity contribution in [2.45, 2.75) is 38.3 Å². The summed E-state index contributed by atoms with van der Waals surface area (Å²) in [7, 11) is 1.55. The number of piperidine rings is 3. The van der Waals surface area contributed by atoms with Crippen molar-refractivity contribution in [1.82, 2.24) is 15.2 Å². The van der Waals surface area contributed by atoms with Gasteiger partial charge in [-0.1, -0.05) is 13.3 Å². The molecule has 4 heterocycles. The van der Waals surface area contributed by atoms with E-state index in [1.54, 1.807) is 31.5 Å². The van der Waals surface area contributed by atoms with E-state index in [0.717, 1.165) is 43.3 Å². The molecule has 1 aromatic heterocycles. The second-order valence-corrected chi connectivity index (χ2v) is 9.60. The molecule has 0 radical (unpaired) electrons. The molecule has 2 aromatic carbocycles. The third kappa shape index (κ3) is 4.19. The zero-order valence-corrected chi connectivity index (χ0v) is 20.0. The fraction of sp³-hybridized carbons (Fsp3) is 0.407. The molecule has 3 aliphatic heterocycles. The summed E-state index contributed by atoms with van der Waals surface area (Å²) in [6.07, 6.45) is 4.56. The Balaban J connectivity index is 1.59. The predicted octanol–water partition coefficient (Wildman–Crippen LogP) is 5.39. The highest BCUT2D eigenvalue weighted by Gasteiger charge is 2.44. The van der Waals surface area contributed by atoms with Crippen molar-refractivity contribution < 1.29 is 27.1 Å². The highest BCUT2D eigenvalue weighted by molar-refractivity contribution is 5.95. The number of benzene rings is 2. The van der Waals surface area contributed by atoms with Gasteiger partial charge in [-0.05, 0) is 67.1 Å². The van der Waals surface area contributed by atoms with Crippen LogP contribution in [0.25, 0.3) is 10.9 Å². The Kier molecular flexibility index (Phi) is 6.59. The highest BCUT2D eigenvalue weighted by Crippen LogP contribution is 2.43. The first-order valence-corrected chi connectivity index (χ1v) is 12.1. The largest absolute Gasteiger partial charge is 0.497 e. The molecule has 0 aliphatic carbocycles. The quantitative estimate of drug-likeness (QED) is 0.280. The van der Waals surface area contributed by atoms with Gasteiger partial charge in [-0.25, -0.2) is 17.6 Å². The van der Waals surface area contributed by atoms with E-state index in [2.05, 4.69) is 22.1 Å². The van der Waals surface area contributed by atoms with Gasteiger partial charge in [0.1, 0.15) is 5.75 Å². The minimum absolute atomic E-state index is 0.120. The summed E-state index contributed by atoms with van der Waals surface area (Å²) in [6.45, 7) is 3.90. The summed E-state index contributed by atoms with van der Waals surface area (Å²) < 4.78 is 61.2. The Labute approximate surface area is 206 Å². The average Bonchev–Trinajstić information content (AvgIpc) is 2.91. The Hall–Kier alpha value is -3.20. The Morgan fingerprint density at radius 1 is 1.17 bits per heavy atom. The van der Waals surface area contributed by atoms with E-state index in [9.17, 15) is 22.4 Å². The van der Waals surface area contributed by atoms with E-state index in [1.807, 2.05) is 6.07 Å². The molecule has 1 amide bonds. The van der Waals surface area contributed by atoms with Gasteiger partial charge in [0, 0.05) is 24.2 Å². The third-order valence-electron chi connectivity index (χ3n) is 7.80. The van der Waals surface area contributed by atoms with Crippen molar-refractivity contribution in [3.05, 3.63) is 70.9 Å². The maximum atomic E-state index is 14.5. The van der Waals surface area contributed by atoms with Gasteiger partial charge >= 0.3 is 0 Å². The number of amides is 1. The van der Waals surface area contributed by atoms with E-state index < -0.39 is 40.8 Å². The van der Waals surface area contributed by atoms with Crippen LogP contribution in [-0.2, 0) is 0 Å². The third-order valence-corrected chi connectivity index (χ3v) is 7.80. The molecule has 1 unspecified atom stereocenters. The molecule has 3 fully saturated rings. The smallest absolute Gasteiger partial charge is 0.255 e. The summed E-state index contributed by atoms with van der Waals surface area (Å²) in [5, 5.41) is 3.58. The van der Waals surface area contributed by atoms with Gasteiger partial charge in [0.25, 0.3) is 5.91 Å². The second kappa shape index (κ2) is 9.69. The molecule has 3 saturated heterocycles. The van der Waals surface area contributed by atoms with Gasteiger partial charge in [-0.2, -0.15) is 0 Å². The summed E-state index contributed by atoms with van der Waals surface area (Å²) in [5.41, 5.74) is 0.538. The number of methoxy groups -OCH3 is 1. The summed E-state index contributed by atoms with van der Waals surface area (Å²) in [4.78, 5) is 20.0. The number of rotatable bonds is 6. The van der Waals surface area contributed by atoms with Crippen molar-refractivity contribution in [3.63, 3.8) is 0 Å². The standard InChI is InChI=1S/C27H27F4N3O2/c1-3-14-13-34-9-7-15(14)10-22(34)26(17-6-8-32-21-5-4-16(36-2)11-18(17)21)33-27(35)19-12-20(28)24(30)25(31)23(19)29/h4-6,8,11-12,14-15,22,26H,3,7,9-10,13H2,1-2H3,(H,33,35)/t14-,15-,22-,26-/m0/s1. The minimum Gasteiger partial charge on any atom is -0.497 e. The van der Waals surface area contributed by atoms with Crippen LogP contribution < -0.4 is 10.1 Å². The van der Waals surface area contributed by atoms with Gasteiger partial charge in [0.15, 0.2) is 23.3 Å². The van der Waals surface area contributed by atoms with E-state index in [-0.39, 0.29) is 6.04 Å².